The summed E-state index contributed by atoms with van der Waals surface area (Å²) in [7, 11) is 1.58. The van der Waals surface area contributed by atoms with Crippen molar-refractivity contribution in [1.82, 2.24) is 15.3 Å². The Hall–Kier alpha value is -2.93. The molecule has 7 heteroatoms. The van der Waals surface area contributed by atoms with Gasteiger partial charge in [-0.05, 0) is 51.8 Å². The number of aryl methyl sites for hydroxylation is 3. The minimum absolute atomic E-state index is 0.376. The average molecular weight is 384 g/mol. The lowest BCUT2D eigenvalue weighted by molar-refractivity contribution is -0.139. The molecule has 0 atom stereocenters. The molecule has 0 fully saturated rings. The van der Waals surface area contributed by atoms with Crippen LogP contribution >= 0.6 is 0 Å². The van der Waals surface area contributed by atoms with E-state index in [0.717, 1.165) is 22.6 Å². The third kappa shape index (κ3) is 5.29. The van der Waals surface area contributed by atoms with Crippen molar-refractivity contribution in [2.75, 3.05) is 20.3 Å². The van der Waals surface area contributed by atoms with Gasteiger partial charge in [-0.2, -0.15) is 5.10 Å². The van der Waals surface area contributed by atoms with Crippen molar-refractivity contribution in [3.8, 4) is 5.69 Å². The second-order valence-electron chi connectivity index (χ2n) is 6.75. The number of hydrogen-bond acceptors (Lipinski definition) is 4. The zero-order valence-electron chi connectivity index (χ0n) is 17.1. The van der Waals surface area contributed by atoms with E-state index < -0.39 is 11.8 Å². The summed E-state index contributed by atoms with van der Waals surface area (Å²) in [5.41, 5.74) is 8.72. The molecule has 0 aliphatic rings. The van der Waals surface area contributed by atoms with Crippen LogP contribution in [0.1, 0.15) is 34.5 Å². The Morgan fingerprint density at radius 1 is 1.14 bits per heavy atom. The number of benzene rings is 1. The summed E-state index contributed by atoms with van der Waals surface area (Å²) in [6.07, 6.45) is 2.20. The van der Waals surface area contributed by atoms with Gasteiger partial charge in [-0.15, -0.1) is 0 Å². The van der Waals surface area contributed by atoms with E-state index in [1.54, 1.807) is 13.3 Å². The van der Waals surface area contributed by atoms with Crippen LogP contribution in [0.15, 0.2) is 29.4 Å². The van der Waals surface area contributed by atoms with Crippen LogP contribution in [0.5, 0.6) is 0 Å². The van der Waals surface area contributed by atoms with Gasteiger partial charge in [-0.3, -0.25) is 9.59 Å². The summed E-state index contributed by atoms with van der Waals surface area (Å²) in [6, 6.07) is 8.32. The minimum atomic E-state index is -0.795. The molecule has 0 aliphatic carbocycles. The third-order valence-corrected chi connectivity index (χ3v) is 4.45. The van der Waals surface area contributed by atoms with E-state index in [9.17, 15) is 9.59 Å². The molecule has 0 spiro atoms. The van der Waals surface area contributed by atoms with E-state index >= 15 is 0 Å². The lowest BCUT2D eigenvalue weighted by atomic mass is 10.1. The van der Waals surface area contributed by atoms with Crippen molar-refractivity contribution < 1.29 is 14.3 Å². The van der Waals surface area contributed by atoms with Gasteiger partial charge in [-0.1, -0.05) is 17.7 Å². The van der Waals surface area contributed by atoms with Gasteiger partial charge in [0.1, 0.15) is 0 Å². The molecule has 7 nitrogen and oxygen atoms in total. The Labute approximate surface area is 165 Å². The van der Waals surface area contributed by atoms with Crippen molar-refractivity contribution >= 4 is 18.0 Å². The Balaban J connectivity index is 2.05. The van der Waals surface area contributed by atoms with Gasteiger partial charge in [0, 0.05) is 42.9 Å². The molecule has 0 unspecified atom stereocenters. The molecule has 0 saturated carbocycles. The van der Waals surface area contributed by atoms with Crippen LogP contribution in [0.4, 0.5) is 0 Å². The molecular formula is C21H28N4O3. The fourth-order valence-corrected chi connectivity index (χ4v) is 3.06. The molecule has 150 valence electrons. The first-order valence-electron chi connectivity index (χ1n) is 9.22. The Bertz CT molecular complexity index is 884. The van der Waals surface area contributed by atoms with Crippen LogP contribution in [-0.2, 0) is 14.3 Å². The summed E-state index contributed by atoms with van der Waals surface area (Å²) in [6.45, 7) is 9.08. The predicted octanol–water partition coefficient (Wildman–Crippen LogP) is 2.31. The molecule has 1 heterocycles. The fraction of sp³-hybridized carbons (Fsp3) is 0.381. The summed E-state index contributed by atoms with van der Waals surface area (Å²) in [4.78, 5) is 23.5. The molecule has 1 aromatic heterocycles. The Kier molecular flexibility index (Phi) is 7.52. The molecule has 2 aromatic rings. The number of hydrogen-bond donors (Lipinski definition) is 2. The maximum Gasteiger partial charge on any atom is 0.329 e. The largest absolute Gasteiger partial charge is 0.385 e. The van der Waals surface area contributed by atoms with E-state index in [-0.39, 0.29) is 0 Å². The Morgan fingerprint density at radius 2 is 1.89 bits per heavy atom. The number of carbonyl (C=O) groups is 2. The number of carbonyl (C=O) groups excluding carboxylic acids is 2. The van der Waals surface area contributed by atoms with Crippen LogP contribution in [0.25, 0.3) is 5.69 Å². The van der Waals surface area contributed by atoms with Crippen molar-refractivity contribution in [3.63, 3.8) is 0 Å². The molecule has 2 amide bonds. The molecule has 0 bridgehead atoms. The highest BCUT2D eigenvalue weighted by molar-refractivity contribution is 6.35. The highest BCUT2D eigenvalue weighted by Crippen LogP contribution is 2.23. The zero-order chi connectivity index (χ0) is 20.7. The van der Waals surface area contributed by atoms with Gasteiger partial charge in [-0.25, -0.2) is 5.43 Å². The molecule has 1 aromatic carbocycles. The molecule has 2 N–H and O–H groups in total. The third-order valence-electron chi connectivity index (χ3n) is 4.45. The van der Waals surface area contributed by atoms with Crippen LogP contribution in [0.3, 0.4) is 0 Å². The minimum Gasteiger partial charge on any atom is -0.385 e. The van der Waals surface area contributed by atoms with E-state index in [0.29, 0.717) is 19.6 Å². The summed E-state index contributed by atoms with van der Waals surface area (Å²) in [5, 5.41) is 6.44. The van der Waals surface area contributed by atoms with E-state index in [4.69, 9.17) is 4.74 Å². The number of nitrogens with one attached hydrogen (secondary N) is 2. The SMILES string of the molecule is COCCCNC(=O)C(=O)N/N=C\c1cc(C)n(-c2ccc(C)cc2C)c1C. The van der Waals surface area contributed by atoms with Crippen LogP contribution in [-0.4, -0.2) is 42.9 Å². The van der Waals surface area contributed by atoms with E-state index in [1.165, 1.54) is 11.1 Å². The van der Waals surface area contributed by atoms with E-state index in [1.807, 2.05) is 19.9 Å². The maximum absolute atomic E-state index is 11.8. The first-order valence-corrected chi connectivity index (χ1v) is 9.22. The molecule has 28 heavy (non-hydrogen) atoms. The number of hydrazone groups is 1. The van der Waals surface area contributed by atoms with Crippen LogP contribution in [0, 0.1) is 27.7 Å². The lowest BCUT2D eigenvalue weighted by Gasteiger charge is -2.13. The second-order valence-corrected chi connectivity index (χ2v) is 6.75. The van der Waals surface area contributed by atoms with Gasteiger partial charge >= 0.3 is 11.8 Å². The standard InChI is InChI=1S/C21H28N4O3/c1-14-7-8-19(15(2)11-14)25-16(3)12-18(17(25)4)13-23-24-21(27)20(26)22-9-6-10-28-5/h7-8,11-13H,6,9-10H2,1-5H3,(H,22,26)(H,24,27)/b23-13-. The first-order chi connectivity index (χ1) is 13.3. The number of aromatic nitrogens is 1. The molecule has 2 rings (SSSR count). The quantitative estimate of drug-likeness (QED) is 0.332. The van der Waals surface area contributed by atoms with Gasteiger partial charge in [0.25, 0.3) is 0 Å². The summed E-state index contributed by atoms with van der Waals surface area (Å²) >= 11 is 0. The van der Waals surface area contributed by atoms with Crippen molar-refractivity contribution in [2.24, 2.45) is 5.10 Å². The van der Waals surface area contributed by atoms with Crippen LogP contribution < -0.4 is 10.7 Å². The fourth-order valence-electron chi connectivity index (χ4n) is 3.06. The second kappa shape index (κ2) is 9.85. The average Bonchev–Trinajstić information content (AvgIpc) is 2.92. The topological polar surface area (TPSA) is 84.7 Å². The zero-order valence-corrected chi connectivity index (χ0v) is 17.1. The number of nitrogens with zero attached hydrogens (tertiary/aromatic N) is 2. The number of ether oxygens (including phenoxy) is 1. The van der Waals surface area contributed by atoms with Crippen molar-refractivity contribution in [3.05, 3.63) is 52.3 Å². The number of methoxy groups -OCH3 is 1. The molecular weight excluding hydrogens is 356 g/mol. The monoisotopic (exact) mass is 384 g/mol. The highest BCUT2D eigenvalue weighted by Gasteiger charge is 2.13. The lowest BCUT2D eigenvalue weighted by Crippen LogP contribution is -2.38. The Morgan fingerprint density at radius 3 is 2.57 bits per heavy atom. The molecule has 0 saturated heterocycles. The van der Waals surface area contributed by atoms with Gasteiger partial charge < -0.3 is 14.6 Å². The van der Waals surface area contributed by atoms with E-state index in [2.05, 4.69) is 52.5 Å². The number of amides is 2. The smallest absolute Gasteiger partial charge is 0.329 e. The molecule has 0 aliphatic heterocycles. The first kappa shape index (κ1) is 21.4. The van der Waals surface area contributed by atoms with Gasteiger partial charge in [0.15, 0.2) is 0 Å². The summed E-state index contributed by atoms with van der Waals surface area (Å²) < 4.78 is 7.04. The van der Waals surface area contributed by atoms with Gasteiger partial charge in [0.05, 0.1) is 6.21 Å². The predicted molar refractivity (Wildman–Crippen MR) is 110 cm³/mol. The highest BCUT2D eigenvalue weighted by atomic mass is 16.5. The normalized spacial score (nSPS) is 11.0. The van der Waals surface area contributed by atoms with Crippen molar-refractivity contribution in [2.45, 2.75) is 34.1 Å². The molecule has 0 radical (unpaired) electrons. The number of rotatable bonds is 7. The van der Waals surface area contributed by atoms with Crippen molar-refractivity contribution in [1.29, 1.82) is 0 Å². The summed E-state index contributed by atoms with van der Waals surface area (Å²) in [5.74, 6) is -1.51. The van der Waals surface area contributed by atoms with Gasteiger partial charge in [0.2, 0.25) is 0 Å². The van der Waals surface area contributed by atoms with Crippen LogP contribution in [0.2, 0.25) is 0 Å². The maximum atomic E-state index is 11.8.